The molecule has 2 heterocycles. The van der Waals surface area contributed by atoms with Gasteiger partial charge < -0.3 is 10.3 Å². The first-order valence-electron chi connectivity index (χ1n) is 5.22. The summed E-state index contributed by atoms with van der Waals surface area (Å²) in [4.78, 5) is 25.5. The van der Waals surface area contributed by atoms with Gasteiger partial charge in [-0.3, -0.25) is 14.9 Å². The maximum Gasteiger partial charge on any atom is 0.333 e. The molecule has 0 unspecified atom stereocenters. The van der Waals surface area contributed by atoms with Crippen molar-refractivity contribution in [1.82, 2.24) is 9.55 Å². The van der Waals surface area contributed by atoms with Gasteiger partial charge >= 0.3 is 5.69 Å². The normalized spacial score (nSPS) is 10.4. The minimum absolute atomic E-state index is 0.144. The molecule has 2 aromatic heterocycles. The van der Waals surface area contributed by atoms with Crippen LogP contribution in [-0.2, 0) is 6.54 Å². The van der Waals surface area contributed by atoms with E-state index in [1.807, 2.05) is 0 Å². The number of nitrogens with zero attached hydrogens (tertiary/aromatic N) is 3. The average Bonchev–Trinajstić information content (AvgIpc) is 2.36. The van der Waals surface area contributed by atoms with Crippen molar-refractivity contribution in [1.29, 1.82) is 0 Å². The first kappa shape index (κ1) is 13.2. The summed E-state index contributed by atoms with van der Waals surface area (Å²) in [6, 6.07) is 3.40. The predicted octanol–water partition coefficient (Wildman–Crippen LogP) is 1.54. The Kier molecular flexibility index (Phi) is 3.61. The largest absolute Gasteiger partial charge is 0.384 e. The Morgan fingerprint density at radius 3 is 2.74 bits per heavy atom. The molecule has 98 valence electrons. The highest BCUT2D eigenvalue weighted by molar-refractivity contribution is 9.10. The number of aromatic nitrogens is 2. The van der Waals surface area contributed by atoms with E-state index in [-0.39, 0.29) is 4.47 Å². The minimum atomic E-state index is -0.704. The number of nitro groups is 1. The highest BCUT2D eigenvalue weighted by Gasteiger charge is 2.15. The Hall–Kier alpha value is -2.22. The molecule has 0 aliphatic rings. The molecular formula is C11H9BrN4O3. The van der Waals surface area contributed by atoms with Crippen LogP contribution in [0.15, 0.2) is 40.0 Å². The van der Waals surface area contributed by atoms with Gasteiger partial charge in [-0.2, -0.15) is 0 Å². The first-order chi connectivity index (χ1) is 8.97. The van der Waals surface area contributed by atoms with Crippen LogP contribution in [0.4, 0.5) is 11.5 Å². The molecule has 0 bridgehead atoms. The molecule has 2 N–H and O–H groups in total. The van der Waals surface area contributed by atoms with E-state index in [0.29, 0.717) is 12.4 Å². The lowest BCUT2D eigenvalue weighted by atomic mass is 10.2. The van der Waals surface area contributed by atoms with Crippen LogP contribution in [0.25, 0.3) is 0 Å². The van der Waals surface area contributed by atoms with Gasteiger partial charge in [-0.05, 0) is 27.6 Å². The fourth-order valence-corrected chi connectivity index (χ4v) is 2.01. The van der Waals surface area contributed by atoms with Crippen LogP contribution in [0, 0.1) is 10.1 Å². The van der Waals surface area contributed by atoms with E-state index in [1.54, 1.807) is 18.3 Å². The monoisotopic (exact) mass is 324 g/mol. The van der Waals surface area contributed by atoms with Gasteiger partial charge in [-0.25, -0.2) is 4.98 Å². The fraction of sp³-hybridized carbons (Fsp3) is 0.0909. The molecular weight excluding hydrogens is 316 g/mol. The summed E-state index contributed by atoms with van der Waals surface area (Å²) in [5.41, 5.74) is 5.17. The second kappa shape index (κ2) is 5.19. The van der Waals surface area contributed by atoms with Crippen LogP contribution < -0.4 is 11.2 Å². The molecule has 0 atom stereocenters. The molecule has 7 nitrogen and oxygen atoms in total. The molecule has 0 saturated carbocycles. The van der Waals surface area contributed by atoms with E-state index in [2.05, 4.69) is 20.9 Å². The summed E-state index contributed by atoms with van der Waals surface area (Å²) in [5.74, 6) is 0.399. The number of halogens is 1. The molecule has 0 amide bonds. The topological polar surface area (TPSA) is 104 Å². The van der Waals surface area contributed by atoms with Gasteiger partial charge in [0, 0.05) is 18.9 Å². The maximum atomic E-state index is 11.5. The van der Waals surface area contributed by atoms with E-state index in [0.717, 1.165) is 5.56 Å². The van der Waals surface area contributed by atoms with Crippen molar-refractivity contribution in [2.24, 2.45) is 0 Å². The summed E-state index contributed by atoms with van der Waals surface area (Å²) in [5, 5.41) is 10.8. The Morgan fingerprint density at radius 1 is 1.42 bits per heavy atom. The van der Waals surface area contributed by atoms with Gasteiger partial charge in [0.05, 0.1) is 15.6 Å². The maximum absolute atomic E-state index is 11.5. The fourth-order valence-electron chi connectivity index (χ4n) is 1.54. The molecule has 19 heavy (non-hydrogen) atoms. The summed E-state index contributed by atoms with van der Waals surface area (Å²) >= 11 is 3.02. The number of pyridine rings is 2. The van der Waals surface area contributed by atoms with E-state index in [1.165, 1.54) is 17.0 Å². The summed E-state index contributed by atoms with van der Waals surface area (Å²) < 4.78 is 1.68. The summed E-state index contributed by atoms with van der Waals surface area (Å²) in [7, 11) is 0. The van der Waals surface area contributed by atoms with Gasteiger partial charge in [0.1, 0.15) is 5.82 Å². The van der Waals surface area contributed by atoms with Crippen LogP contribution in [-0.4, -0.2) is 14.5 Å². The molecule has 0 aliphatic carbocycles. The Labute approximate surface area is 116 Å². The lowest BCUT2D eigenvalue weighted by Gasteiger charge is -2.07. The third-order valence-corrected chi connectivity index (χ3v) is 2.99. The van der Waals surface area contributed by atoms with Crippen LogP contribution >= 0.6 is 15.9 Å². The zero-order valence-electron chi connectivity index (χ0n) is 9.62. The quantitative estimate of drug-likeness (QED) is 0.681. The van der Waals surface area contributed by atoms with Gasteiger partial charge in [-0.15, -0.1) is 0 Å². The molecule has 8 heteroatoms. The molecule has 2 aromatic rings. The number of nitrogen functional groups attached to an aromatic ring is 1. The SMILES string of the molecule is Nc1ccc(Cn2cc(Br)c(=O)c([N+](=O)[O-])c2)cn1. The van der Waals surface area contributed by atoms with Crippen molar-refractivity contribution >= 4 is 27.4 Å². The molecule has 0 radical (unpaired) electrons. The first-order valence-corrected chi connectivity index (χ1v) is 6.01. The second-order valence-corrected chi connectivity index (χ2v) is 4.70. The van der Waals surface area contributed by atoms with Crippen molar-refractivity contribution < 1.29 is 4.92 Å². The number of rotatable bonds is 3. The molecule has 0 fully saturated rings. The molecule has 0 aliphatic heterocycles. The number of nitrogens with two attached hydrogens (primary N) is 1. The van der Waals surface area contributed by atoms with Gasteiger partial charge in [0.2, 0.25) is 0 Å². The molecule has 0 spiro atoms. The lowest BCUT2D eigenvalue weighted by molar-refractivity contribution is -0.386. The van der Waals surface area contributed by atoms with Crippen LogP contribution in [0.2, 0.25) is 0 Å². The number of hydrogen-bond donors (Lipinski definition) is 1. The third-order valence-electron chi connectivity index (χ3n) is 2.43. The zero-order chi connectivity index (χ0) is 14.0. The summed E-state index contributed by atoms with van der Waals surface area (Å²) in [6.45, 7) is 0.354. The van der Waals surface area contributed by atoms with Crippen molar-refractivity contribution in [2.75, 3.05) is 5.73 Å². The average molecular weight is 325 g/mol. The van der Waals surface area contributed by atoms with Gasteiger partial charge in [-0.1, -0.05) is 6.07 Å². The van der Waals surface area contributed by atoms with Crippen molar-refractivity contribution in [3.8, 4) is 0 Å². The van der Waals surface area contributed by atoms with E-state index in [9.17, 15) is 14.9 Å². The van der Waals surface area contributed by atoms with Crippen LogP contribution in [0.1, 0.15) is 5.56 Å². The highest BCUT2D eigenvalue weighted by atomic mass is 79.9. The Morgan fingerprint density at radius 2 is 2.16 bits per heavy atom. The smallest absolute Gasteiger partial charge is 0.333 e. The minimum Gasteiger partial charge on any atom is -0.384 e. The van der Waals surface area contributed by atoms with Crippen LogP contribution in [0.3, 0.4) is 0 Å². The van der Waals surface area contributed by atoms with Gasteiger partial charge in [0.15, 0.2) is 0 Å². The number of anilines is 1. The molecule has 2 rings (SSSR count). The van der Waals surface area contributed by atoms with Gasteiger partial charge in [0.25, 0.3) is 5.43 Å². The van der Waals surface area contributed by atoms with E-state index >= 15 is 0 Å². The predicted molar refractivity (Wildman–Crippen MR) is 72.8 cm³/mol. The van der Waals surface area contributed by atoms with Crippen LogP contribution in [0.5, 0.6) is 0 Å². The van der Waals surface area contributed by atoms with Crippen molar-refractivity contribution in [3.63, 3.8) is 0 Å². The standard InChI is InChI=1S/C11H9BrN4O3/c12-8-5-15(6-9(11(8)17)16(18)19)4-7-1-2-10(13)14-3-7/h1-3,5-6H,4H2,(H2,13,14). The molecule has 0 aromatic carbocycles. The lowest BCUT2D eigenvalue weighted by Crippen LogP contribution is -2.13. The Balaban J connectivity index is 2.38. The van der Waals surface area contributed by atoms with E-state index < -0.39 is 16.0 Å². The third kappa shape index (κ3) is 2.97. The van der Waals surface area contributed by atoms with Crippen molar-refractivity contribution in [2.45, 2.75) is 6.54 Å². The van der Waals surface area contributed by atoms with Crippen molar-refractivity contribution in [3.05, 3.63) is 61.1 Å². The molecule has 0 saturated heterocycles. The Bertz CT molecular complexity index is 681. The summed E-state index contributed by atoms with van der Waals surface area (Å²) in [6.07, 6.45) is 4.27. The van der Waals surface area contributed by atoms with E-state index in [4.69, 9.17) is 5.73 Å². The highest BCUT2D eigenvalue weighted by Crippen LogP contribution is 2.12. The zero-order valence-corrected chi connectivity index (χ0v) is 11.2. The second-order valence-electron chi connectivity index (χ2n) is 3.84. The number of hydrogen-bond acceptors (Lipinski definition) is 5.